The van der Waals surface area contributed by atoms with Gasteiger partial charge in [0, 0.05) is 32.7 Å². The lowest BCUT2D eigenvalue weighted by atomic mass is 9.97. The fraction of sp³-hybridized carbons (Fsp3) is 0.571. The summed E-state index contributed by atoms with van der Waals surface area (Å²) < 4.78 is 0. The number of hydrogen-bond donors (Lipinski definition) is 0. The molecule has 1 saturated heterocycles. The fourth-order valence-corrected chi connectivity index (χ4v) is 3.74. The van der Waals surface area contributed by atoms with Gasteiger partial charge in [-0.3, -0.25) is 9.69 Å². The SMILES string of the molecule is Cc1ccccc1CC(=O)N1CCN(CCC2=CCCCC2)CC1. The minimum atomic E-state index is 0.277. The Balaban J connectivity index is 1.42. The molecule has 0 N–H and O–H groups in total. The molecular weight excluding hydrogens is 296 g/mol. The number of allylic oxidation sites excluding steroid dienone is 1. The van der Waals surface area contributed by atoms with E-state index in [1.165, 1.54) is 37.7 Å². The van der Waals surface area contributed by atoms with Gasteiger partial charge in [-0.15, -0.1) is 0 Å². The molecule has 3 heteroatoms. The zero-order valence-electron chi connectivity index (χ0n) is 15.0. The zero-order valence-corrected chi connectivity index (χ0v) is 15.0. The maximum Gasteiger partial charge on any atom is 0.227 e. The van der Waals surface area contributed by atoms with Crippen molar-refractivity contribution >= 4 is 5.91 Å². The van der Waals surface area contributed by atoms with Gasteiger partial charge in [-0.25, -0.2) is 0 Å². The Hall–Kier alpha value is -1.61. The molecule has 3 rings (SSSR count). The first kappa shape index (κ1) is 17.2. The number of piperazine rings is 1. The Morgan fingerprint density at radius 2 is 1.88 bits per heavy atom. The van der Waals surface area contributed by atoms with Crippen molar-refractivity contribution in [2.45, 2.75) is 45.4 Å². The van der Waals surface area contributed by atoms with E-state index < -0.39 is 0 Å². The van der Waals surface area contributed by atoms with Gasteiger partial charge in [0.2, 0.25) is 5.91 Å². The molecule has 1 aromatic rings. The summed E-state index contributed by atoms with van der Waals surface area (Å²) >= 11 is 0. The van der Waals surface area contributed by atoms with Crippen LogP contribution in [0.3, 0.4) is 0 Å². The largest absolute Gasteiger partial charge is 0.340 e. The summed E-state index contributed by atoms with van der Waals surface area (Å²) in [4.78, 5) is 17.1. The van der Waals surface area contributed by atoms with Gasteiger partial charge in [-0.1, -0.05) is 35.9 Å². The predicted molar refractivity (Wildman–Crippen MR) is 99.1 cm³/mol. The second kappa shape index (κ2) is 8.48. The molecule has 0 aromatic heterocycles. The van der Waals surface area contributed by atoms with Crippen molar-refractivity contribution in [1.82, 2.24) is 9.80 Å². The smallest absolute Gasteiger partial charge is 0.227 e. The van der Waals surface area contributed by atoms with E-state index >= 15 is 0 Å². The van der Waals surface area contributed by atoms with Crippen LogP contribution < -0.4 is 0 Å². The van der Waals surface area contributed by atoms with Crippen LogP contribution in [0.15, 0.2) is 35.9 Å². The minimum Gasteiger partial charge on any atom is -0.340 e. The predicted octanol–water partition coefficient (Wildman–Crippen LogP) is 3.57. The number of carbonyl (C=O) groups excluding carboxylic acids is 1. The molecule has 0 atom stereocenters. The van der Waals surface area contributed by atoms with E-state index in [9.17, 15) is 4.79 Å². The molecular formula is C21H30N2O. The van der Waals surface area contributed by atoms with Gasteiger partial charge in [0.25, 0.3) is 0 Å². The quantitative estimate of drug-likeness (QED) is 0.772. The summed E-state index contributed by atoms with van der Waals surface area (Å²) in [7, 11) is 0. The highest BCUT2D eigenvalue weighted by molar-refractivity contribution is 5.79. The van der Waals surface area contributed by atoms with Crippen LogP contribution in [0.5, 0.6) is 0 Å². The van der Waals surface area contributed by atoms with Crippen molar-refractivity contribution in [1.29, 1.82) is 0 Å². The maximum absolute atomic E-state index is 12.5. The second-order valence-corrected chi connectivity index (χ2v) is 7.18. The lowest BCUT2D eigenvalue weighted by Gasteiger charge is -2.35. The lowest BCUT2D eigenvalue weighted by molar-refractivity contribution is -0.132. The topological polar surface area (TPSA) is 23.6 Å². The van der Waals surface area contributed by atoms with Crippen LogP contribution >= 0.6 is 0 Å². The molecule has 1 aromatic carbocycles. The highest BCUT2D eigenvalue weighted by atomic mass is 16.2. The van der Waals surface area contributed by atoms with Crippen molar-refractivity contribution in [3.63, 3.8) is 0 Å². The third kappa shape index (κ3) is 4.70. The molecule has 1 aliphatic carbocycles. The van der Waals surface area contributed by atoms with Crippen molar-refractivity contribution in [2.24, 2.45) is 0 Å². The van der Waals surface area contributed by atoms with Gasteiger partial charge >= 0.3 is 0 Å². The maximum atomic E-state index is 12.5. The molecule has 1 aliphatic heterocycles. The Labute approximate surface area is 146 Å². The number of hydrogen-bond acceptors (Lipinski definition) is 2. The van der Waals surface area contributed by atoms with Crippen LogP contribution in [0, 0.1) is 6.92 Å². The average molecular weight is 326 g/mol. The van der Waals surface area contributed by atoms with Gasteiger partial charge < -0.3 is 4.90 Å². The molecule has 0 saturated carbocycles. The monoisotopic (exact) mass is 326 g/mol. The molecule has 24 heavy (non-hydrogen) atoms. The first-order chi connectivity index (χ1) is 11.7. The van der Waals surface area contributed by atoms with Crippen molar-refractivity contribution < 1.29 is 4.79 Å². The Bertz CT molecular complexity index is 585. The molecule has 0 unspecified atom stereocenters. The lowest BCUT2D eigenvalue weighted by Crippen LogP contribution is -2.49. The van der Waals surface area contributed by atoms with E-state index in [1.54, 1.807) is 5.57 Å². The Morgan fingerprint density at radius 1 is 1.08 bits per heavy atom. The fourth-order valence-electron chi connectivity index (χ4n) is 3.74. The number of benzene rings is 1. The Kier molecular flexibility index (Phi) is 6.08. The zero-order chi connectivity index (χ0) is 16.8. The summed E-state index contributed by atoms with van der Waals surface area (Å²) in [6, 6.07) is 8.21. The van der Waals surface area contributed by atoms with E-state index in [4.69, 9.17) is 0 Å². The van der Waals surface area contributed by atoms with E-state index in [2.05, 4.69) is 30.0 Å². The van der Waals surface area contributed by atoms with Crippen LogP contribution in [-0.4, -0.2) is 48.4 Å². The second-order valence-electron chi connectivity index (χ2n) is 7.18. The summed E-state index contributed by atoms with van der Waals surface area (Å²) in [5, 5.41) is 0. The highest BCUT2D eigenvalue weighted by Crippen LogP contribution is 2.20. The van der Waals surface area contributed by atoms with Crippen LogP contribution in [0.4, 0.5) is 0 Å². The van der Waals surface area contributed by atoms with Crippen LogP contribution in [0.1, 0.15) is 43.2 Å². The van der Waals surface area contributed by atoms with E-state index in [0.29, 0.717) is 6.42 Å². The first-order valence-corrected chi connectivity index (χ1v) is 9.45. The van der Waals surface area contributed by atoms with Crippen molar-refractivity contribution in [2.75, 3.05) is 32.7 Å². The molecule has 1 fully saturated rings. The average Bonchev–Trinajstić information content (AvgIpc) is 2.63. The van der Waals surface area contributed by atoms with Gasteiger partial charge in [-0.05, 0) is 50.2 Å². The van der Waals surface area contributed by atoms with E-state index in [1.807, 2.05) is 17.0 Å². The standard InChI is InChI=1S/C21H30N2O/c1-18-7-5-6-10-20(18)17-21(24)23-15-13-22(14-16-23)12-11-19-8-3-2-4-9-19/h5-8,10H,2-4,9,11-17H2,1H3. The number of carbonyl (C=O) groups is 1. The van der Waals surface area contributed by atoms with Gasteiger partial charge in [0.15, 0.2) is 0 Å². The van der Waals surface area contributed by atoms with Gasteiger partial charge in [0.1, 0.15) is 0 Å². The highest BCUT2D eigenvalue weighted by Gasteiger charge is 2.21. The third-order valence-corrected chi connectivity index (χ3v) is 5.46. The number of aryl methyl sites for hydroxylation is 1. The molecule has 1 heterocycles. The van der Waals surface area contributed by atoms with Crippen LogP contribution in [0.25, 0.3) is 0 Å². The summed E-state index contributed by atoms with van der Waals surface area (Å²) in [5.74, 6) is 0.277. The van der Waals surface area contributed by atoms with Crippen molar-refractivity contribution in [3.05, 3.63) is 47.0 Å². The van der Waals surface area contributed by atoms with Crippen molar-refractivity contribution in [3.8, 4) is 0 Å². The number of amides is 1. The first-order valence-electron chi connectivity index (χ1n) is 9.45. The summed E-state index contributed by atoms with van der Waals surface area (Å²) in [6.45, 7) is 7.04. The molecule has 3 nitrogen and oxygen atoms in total. The van der Waals surface area contributed by atoms with Gasteiger partial charge in [-0.2, -0.15) is 0 Å². The molecule has 2 aliphatic rings. The molecule has 0 radical (unpaired) electrons. The molecule has 0 bridgehead atoms. The van der Waals surface area contributed by atoms with Crippen LogP contribution in [0.2, 0.25) is 0 Å². The molecule has 0 spiro atoms. The number of nitrogens with zero attached hydrogens (tertiary/aromatic N) is 2. The minimum absolute atomic E-state index is 0.277. The summed E-state index contributed by atoms with van der Waals surface area (Å²) in [6.07, 6.45) is 9.52. The summed E-state index contributed by atoms with van der Waals surface area (Å²) in [5.41, 5.74) is 4.03. The third-order valence-electron chi connectivity index (χ3n) is 5.46. The van der Waals surface area contributed by atoms with E-state index in [0.717, 1.165) is 38.3 Å². The Morgan fingerprint density at radius 3 is 2.58 bits per heavy atom. The molecule has 130 valence electrons. The van der Waals surface area contributed by atoms with Gasteiger partial charge in [0.05, 0.1) is 6.42 Å². The number of rotatable bonds is 5. The van der Waals surface area contributed by atoms with Crippen LogP contribution in [-0.2, 0) is 11.2 Å². The molecule has 1 amide bonds. The normalized spacial score (nSPS) is 19.2. The van der Waals surface area contributed by atoms with E-state index in [-0.39, 0.29) is 5.91 Å².